The number of H-pyrrole nitrogens is 1. The minimum atomic E-state index is 0.835. The van der Waals surface area contributed by atoms with Gasteiger partial charge in [0.2, 0.25) is 4.96 Å². The largest absolute Gasteiger partial charge is 0.285 e. The van der Waals surface area contributed by atoms with Gasteiger partial charge in [-0.3, -0.25) is 5.10 Å². The van der Waals surface area contributed by atoms with E-state index in [1.54, 1.807) is 4.52 Å². The second-order valence-corrected chi connectivity index (χ2v) is 6.50. The van der Waals surface area contributed by atoms with Crippen LogP contribution in [0.1, 0.15) is 0 Å². The summed E-state index contributed by atoms with van der Waals surface area (Å²) in [6, 6.07) is 8.25. The van der Waals surface area contributed by atoms with Gasteiger partial charge in [0.05, 0.1) is 18.1 Å². The number of fused-ring (bicyclic) bond motifs is 1. The lowest BCUT2D eigenvalue weighted by Crippen LogP contribution is -1.80. The van der Waals surface area contributed by atoms with Crippen molar-refractivity contribution in [2.24, 2.45) is 0 Å². The molecule has 3 heterocycles. The van der Waals surface area contributed by atoms with Gasteiger partial charge in [-0.15, -0.1) is 5.10 Å². The average molecular weight is 346 g/mol. The average Bonchev–Trinajstić information content (AvgIpc) is 3.13. The van der Waals surface area contributed by atoms with Gasteiger partial charge >= 0.3 is 0 Å². The van der Waals surface area contributed by atoms with Crippen LogP contribution in [-0.4, -0.2) is 24.8 Å². The molecule has 0 saturated heterocycles. The molecule has 0 unspecified atom stereocenters. The van der Waals surface area contributed by atoms with Crippen LogP contribution in [0.3, 0.4) is 0 Å². The number of hydrogen-bond acceptors (Lipinski definition) is 4. The zero-order chi connectivity index (χ0) is 13.5. The van der Waals surface area contributed by atoms with E-state index in [1.807, 2.05) is 18.6 Å². The highest BCUT2D eigenvalue weighted by Crippen LogP contribution is 2.26. The molecule has 5 nitrogen and oxygen atoms in total. The molecule has 0 aliphatic rings. The van der Waals surface area contributed by atoms with Crippen molar-refractivity contribution in [2.75, 3.05) is 0 Å². The van der Waals surface area contributed by atoms with Gasteiger partial charge in [-0.05, 0) is 21.5 Å². The Labute approximate surface area is 126 Å². The Kier molecular flexibility index (Phi) is 2.68. The van der Waals surface area contributed by atoms with Crippen molar-refractivity contribution < 1.29 is 0 Å². The fourth-order valence-corrected chi connectivity index (χ4v) is 3.27. The summed E-state index contributed by atoms with van der Waals surface area (Å²) in [5.74, 6) is 0. The Morgan fingerprint density at radius 1 is 1.10 bits per heavy atom. The van der Waals surface area contributed by atoms with Gasteiger partial charge < -0.3 is 0 Å². The van der Waals surface area contributed by atoms with Gasteiger partial charge in [0.25, 0.3) is 0 Å². The third-order valence-electron chi connectivity index (χ3n) is 3.03. The summed E-state index contributed by atoms with van der Waals surface area (Å²) < 4.78 is 2.62. The van der Waals surface area contributed by atoms with E-state index in [-0.39, 0.29) is 0 Å². The number of imidazole rings is 1. The van der Waals surface area contributed by atoms with E-state index >= 15 is 0 Å². The maximum absolute atomic E-state index is 4.57. The molecule has 4 rings (SSSR count). The minimum Gasteiger partial charge on any atom is -0.285 e. The van der Waals surface area contributed by atoms with Crippen molar-refractivity contribution in [1.82, 2.24) is 24.8 Å². The third-order valence-corrected chi connectivity index (χ3v) is 4.39. The van der Waals surface area contributed by atoms with Gasteiger partial charge in [0.15, 0.2) is 3.92 Å². The van der Waals surface area contributed by atoms with E-state index in [0.717, 1.165) is 31.3 Å². The number of benzene rings is 1. The Hall–Kier alpha value is -1.99. The predicted octanol–water partition coefficient (Wildman–Crippen LogP) is 3.61. The number of aromatic amines is 1. The molecule has 0 amide bonds. The molecular weight excluding hydrogens is 338 g/mol. The van der Waals surface area contributed by atoms with Crippen molar-refractivity contribution >= 4 is 32.2 Å². The van der Waals surface area contributed by atoms with Gasteiger partial charge in [0, 0.05) is 17.3 Å². The van der Waals surface area contributed by atoms with Crippen molar-refractivity contribution in [2.45, 2.75) is 0 Å². The topological polar surface area (TPSA) is 58.9 Å². The number of halogens is 1. The first-order valence-electron chi connectivity index (χ1n) is 5.91. The molecule has 0 aliphatic heterocycles. The van der Waals surface area contributed by atoms with E-state index in [9.17, 15) is 0 Å². The minimum absolute atomic E-state index is 0.835. The van der Waals surface area contributed by atoms with Gasteiger partial charge in [-0.25, -0.2) is 9.50 Å². The van der Waals surface area contributed by atoms with Crippen molar-refractivity contribution in [1.29, 1.82) is 0 Å². The Balaban J connectivity index is 1.72. The highest BCUT2D eigenvalue weighted by Gasteiger charge is 2.08. The number of hydrogen-bond donors (Lipinski definition) is 1. The number of nitrogens with one attached hydrogen (secondary N) is 1. The molecule has 4 aromatic rings. The van der Waals surface area contributed by atoms with E-state index in [4.69, 9.17) is 0 Å². The van der Waals surface area contributed by atoms with Crippen LogP contribution in [0.4, 0.5) is 0 Å². The van der Waals surface area contributed by atoms with Crippen LogP contribution in [0.2, 0.25) is 0 Å². The van der Waals surface area contributed by atoms with Crippen LogP contribution in [0.5, 0.6) is 0 Å². The molecule has 0 radical (unpaired) electrons. The van der Waals surface area contributed by atoms with E-state index < -0.39 is 0 Å². The van der Waals surface area contributed by atoms with Crippen molar-refractivity contribution in [3.8, 4) is 22.4 Å². The fraction of sp³-hybridized carbons (Fsp3) is 0. The Morgan fingerprint density at radius 3 is 2.60 bits per heavy atom. The van der Waals surface area contributed by atoms with Crippen LogP contribution in [-0.2, 0) is 0 Å². The van der Waals surface area contributed by atoms with Crippen LogP contribution >= 0.6 is 27.3 Å². The van der Waals surface area contributed by atoms with Gasteiger partial charge in [0.1, 0.15) is 0 Å². The first-order chi connectivity index (χ1) is 9.79. The van der Waals surface area contributed by atoms with Crippen molar-refractivity contribution in [3.05, 3.63) is 46.8 Å². The lowest BCUT2D eigenvalue weighted by molar-refractivity contribution is 0.959. The second-order valence-electron chi connectivity index (χ2n) is 4.27. The zero-order valence-corrected chi connectivity index (χ0v) is 12.5. The molecule has 20 heavy (non-hydrogen) atoms. The summed E-state index contributed by atoms with van der Waals surface area (Å²) in [6.07, 6.45) is 5.62. The molecule has 0 atom stereocenters. The molecule has 0 saturated carbocycles. The first-order valence-corrected chi connectivity index (χ1v) is 7.52. The standard InChI is InChI=1S/C13H8BrN5S/c14-12-18-19-7-11(17-13(19)20-12)9-3-1-8(2-4-9)10-5-15-16-6-10/h1-7H,(H,15,16). The molecule has 7 heteroatoms. The molecular formula is C13H8BrN5S. The fourth-order valence-electron chi connectivity index (χ4n) is 2.06. The normalized spacial score (nSPS) is 11.2. The van der Waals surface area contributed by atoms with E-state index in [1.165, 1.54) is 11.3 Å². The van der Waals surface area contributed by atoms with Crippen LogP contribution in [0.25, 0.3) is 27.3 Å². The summed E-state index contributed by atoms with van der Waals surface area (Å²) in [7, 11) is 0. The molecule has 0 fully saturated rings. The molecule has 0 bridgehead atoms. The second kappa shape index (κ2) is 4.53. The summed E-state index contributed by atoms with van der Waals surface area (Å²) >= 11 is 4.87. The summed E-state index contributed by atoms with van der Waals surface area (Å²) in [5.41, 5.74) is 4.21. The highest BCUT2D eigenvalue weighted by atomic mass is 79.9. The quantitative estimate of drug-likeness (QED) is 0.603. The SMILES string of the molecule is Brc1nn2cc(-c3ccc(-c4cn[nH]c4)cc3)nc2s1. The smallest absolute Gasteiger partial charge is 0.213 e. The third kappa shape index (κ3) is 1.95. The molecule has 0 spiro atoms. The molecule has 3 aromatic heterocycles. The molecule has 98 valence electrons. The van der Waals surface area contributed by atoms with E-state index in [0.29, 0.717) is 0 Å². The maximum Gasteiger partial charge on any atom is 0.213 e. The molecule has 0 aliphatic carbocycles. The molecule has 1 aromatic carbocycles. The Morgan fingerprint density at radius 2 is 1.90 bits per heavy atom. The number of aromatic nitrogens is 5. The predicted molar refractivity (Wildman–Crippen MR) is 81.6 cm³/mol. The number of nitrogens with zero attached hydrogens (tertiary/aromatic N) is 4. The first kappa shape index (κ1) is 11.8. The highest BCUT2D eigenvalue weighted by molar-refractivity contribution is 9.11. The van der Waals surface area contributed by atoms with Crippen LogP contribution in [0, 0.1) is 0 Å². The van der Waals surface area contributed by atoms with Crippen molar-refractivity contribution in [3.63, 3.8) is 0 Å². The summed E-state index contributed by atoms with van der Waals surface area (Å²) in [6.45, 7) is 0. The van der Waals surface area contributed by atoms with Gasteiger partial charge in [-0.1, -0.05) is 35.6 Å². The maximum atomic E-state index is 4.57. The summed E-state index contributed by atoms with van der Waals surface area (Å²) in [4.78, 5) is 5.45. The monoisotopic (exact) mass is 345 g/mol. The molecule has 1 N–H and O–H groups in total. The van der Waals surface area contributed by atoms with E-state index in [2.05, 4.69) is 60.5 Å². The Bertz CT molecular complexity index is 829. The van der Waals surface area contributed by atoms with Gasteiger partial charge in [-0.2, -0.15) is 5.10 Å². The number of rotatable bonds is 2. The lowest BCUT2D eigenvalue weighted by atomic mass is 10.1. The summed E-state index contributed by atoms with van der Waals surface area (Å²) in [5, 5.41) is 11.1. The van der Waals surface area contributed by atoms with Crippen LogP contribution < -0.4 is 0 Å². The van der Waals surface area contributed by atoms with Crippen LogP contribution in [0.15, 0.2) is 46.8 Å². The lowest BCUT2D eigenvalue weighted by Gasteiger charge is -1.99. The zero-order valence-electron chi connectivity index (χ0n) is 10.1.